The first-order valence-corrected chi connectivity index (χ1v) is 6.81. The van der Waals surface area contributed by atoms with E-state index >= 15 is 0 Å². The van der Waals surface area contributed by atoms with Crippen molar-refractivity contribution in [3.8, 4) is 0 Å². The Morgan fingerprint density at radius 3 is 2.89 bits per heavy atom. The summed E-state index contributed by atoms with van der Waals surface area (Å²) >= 11 is 0. The molecule has 4 heteroatoms. The lowest BCUT2D eigenvalue weighted by Crippen LogP contribution is -2.12. The number of nitrogens with two attached hydrogens (primary N) is 1. The molecular weight excluding hydrogens is 238 g/mol. The highest BCUT2D eigenvalue weighted by Crippen LogP contribution is 2.19. The summed E-state index contributed by atoms with van der Waals surface area (Å²) in [6.07, 6.45) is 2.76. The fourth-order valence-corrected chi connectivity index (χ4v) is 2.20. The minimum atomic E-state index is 0.184. The maximum atomic E-state index is 5.74. The first-order chi connectivity index (χ1) is 9.22. The van der Waals surface area contributed by atoms with E-state index in [2.05, 4.69) is 42.2 Å². The number of rotatable bonds is 6. The van der Waals surface area contributed by atoms with Crippen LogP contribution in [-0.2, 0) is 6.42 Å². The third kappa shape index (κ3) is 3.64. The lowest BCUT2D eigenvalue weighted by molar-refractivity contribution is 0.344. The van der Waals surface area contributed by atoms with Crippen molar-refractivity contribution >= 4 is 0 Å². The van der Waals surface area contributed by atoms with E-state index in [-0.39, 0.29) is 5.92 Å². The Labute approximate surface area is 114 Å². The average molecular weight is 259 g/mol. The molecule has 2 N–H and O–H groups in total. The van der Waals surface area contributed by atoms with E-state index in [0.717, 1.165) is 18.7 Å². The third-order valence-electron chi connectivity index (χ3n) is 3.20. The maximum absolute atomic E-state index is 5.74. The molecule has 0 aliphatic rings. The summed E-state index contributed by atoms with van der Waals surface area (Å²) in [5.74, 6) is 1.59. The Morgan fingerprint density at radius 2 is 2.21 bits per heavy atom. The van der Waals surface area contributed by atoms with Gasteiger partial charge in [0.25, 0.3) is 0 Å². The zero-order chi connectivity index (χ0) is 13.7. The topological polar surface area (TPSA) is 64.9 Å². The Balaban J connectivity index is 2.08. The molecule has 0 saturated heterocycles. The summed E-state index contributed by atoms with van der Waals surface area (Å²) in [6.45, 7) is 4.77. The quantitative estimate of drug-likeness (QED) is 0.866. The maximum Gasteiger partial charge on any atom is 0.231 e. The largest absolute Gasteiger partial charge is 0.339 e. The van der Waals surface area contributed by atoms with E-state index in [1.807, 2.05) is 6.07 Å². The molecule has 2 rings (SSSR count). The second-order valence-electron chi connectivity index (χ2n) is 4.94. The predicted octanol–water partition coefficient (Wildman–Crippen LogP) is 2.81. The molecule has 1 unspecified atom stereocenters. The summed E-state index contributed by atoms with van der Waals surface area (Å²) < 4.78 is 5.33. The van der Waals surface area contributed by atoms with Crippen molar-refractivity contribution in [2.45, 2.75) is 39.0 Å². The van der Waals surface area contributed by atoms with Crippen LogP contribution in [0.3, 0.4) is 0 Å². The first-order valence-electron chi connectivity index (χ1n) is 6.81. The standard InChI is InChI=1S/C15H21N3O/c1-3-5-13(10-16)15-17-14(18-19-15)9-12-7-4-6-11(2)8-12/h4,6-8,13H,3,5,9-10,16H2,1-2H3. The lowest BCUT2D eigenvalue weighted by atomic mass is 10.0. The minimum absolute atomic E-state index is 0.184. The number of aromatic nitrogens is 2. The van der Waals surface area contributed by atoms with Crippen molar-refractivity contribution in [3.05, 3.63) is 47.1 Å². The molecule has 2 aromatic rings. The molecule has 1 aromatic heterocycles. The molecule has 0 amide bonds. The van der Waals surface area contributed by atoms with Gasteiger partial charge in [-0.3, -0.25) is 0 Å². The van der Waals surface area contributed by atoms with Crippen LogP contribution >= 0.6 is 0 Å². The van der Waals surface area contributed by atoms with Gasteiger partial charge in [0, 0.05) is 13.0 Å². The first kappa shape index (κ1) is 13.7. The van der Waals surface area contributed by atoms with Crippen LogP contribution in [0.2, 0.25) is 0 Å². The van der Waals surface area contributed by atoms with Gasteiger partial charge in [0.1, 0.15) is 0 Å². The van der Waals surface area contributed by atoms with E-state index in [1.165, 1.54) is 11.1 Å². The summed E-state index contributed by atoms with van der Waals surface area (Å²) in [7, 11) is 0. The monoisotopic (exact) mass is 259 g/mol. The third-order valence-corrected chi connectivity index (χ3v) is 3.20. The SMILES string of the molecule is CCCC(CN)c1nc(Cc2cccc(C)c2)no1. The van der Waals surface area contributed by atoms with Crippen LogP contribution in [0.5, 0.6) is 0 Å². The Bertz CT molecular complexity index is 522. The van der Waals surface area contributed by atoms with Gasteiger partial charge in [0.05, 0.1) is 5.92 Å². The second kappa shape index (κ2) is 6.48. The number of benzene rings is 1. The van der Waals surface area contributed by atoms with Gasteiger partial charge in [-0.2, -0.15) is 4.98 Å². The average Bonchev–Trinajstić information content (AvgIpc) is 2.84. The van der Waals surface area contributed by atoms with Crippen molar-refractivity contribution in [1.29, 1.82) is 0 Å². The molecule has 4 nitrogen and oxygen atoms in total. The van der Waals surface area contributed by atoms with E-state index in [1.54, 1.807) is 0 Å². The van der Waals surface area contributed by atoms with E-state index in [4.69, 9.17) is 10.3 Å². The van der Waals surface area contributed by atoms with Crippen LogP contribution in [0.1, 0.15) is 48.5 Å². The Hall–Kier alpha value is -1.68. The predicted molar refractivity (Wildman–Crippen MR) is 75.0 cm³/mol. The fraction of sp³-hybridized carbons (Fsp3) is 0.467. The van der Waals surface area contributed by atoms with Crippen molar-refractivity contribution in [2.24, 2.45) is 5.73 Å². The van der Waals surface area contributed by atoms with Crippen LogP contribution in [-0.4, -0.2) is 16.7 Å². The van der Waals surface area contributed by atoms with Gasteiger partial charge in [-0.1, -0.05) is 48.3 Å². The highest BCUT2D eigenvalue weighted by molar-refractivity contribution is 5.24. The van der Waals surface area contributed by atoms with Crippen LogP contribution < -0.4 is 5.73 Å². The zero-order valence-electron chi connectivity index (χ0n) is 11.6. The molecule has 0 fully saturated rings. The van der Waals surface area contributed by atoms with Crippen LogP contribution in [0.15, 0.2) is 28.8 Å². The van der Waals surface area contributed by atoms with Gasteiger partial charge >= 0.3 is 0 Å². The molecule has 19 heavy (non-hydrogen) atoms. The van der Waals surface area contributed by atoms with Crippen LogP contribution in [0.25, 0.3) is 0 Å². The summed E-state index contributed by atoms with van der Waals surface area (Å²) in [5, 5.41) is 4.05. The van der Waals surface area contributed by atoms with Gasteiger partial charge in [-0.05, 0) is 18.9 Å². The van der Waals surface area contributed by atoms with E-state index in [9.17, 15) is 0 Å². The van der Waals surface area contributed by atoms with Crippen molar-refractivity contribution < 1.29 is 4.52 Å². The molecule has 0 bridgehead atoms. The second-order valence-corrected chi connectivity index (χ2v) is 4.94. The molecular formula is C15H21N3O. The molecule has 1 aromatic carbocycles. The number of hydrogen-bond donors (Lipinski definition) is 1. The van der Waals surface area contributed by atoms with Crippen molar-refractivity contribution in [2.75, 3.05) is 6.54 Å². The molecule has 1 atom stereocenters. The lowest BCUT2D eigenvalue weighted by Gasteiger charge is -2.06. The van der Waals surface area contributed by atoms with Gasteiger partial charge in [0.2, 0.25) is 5.89 Å². The minimum Gasteiger partial charge on any atom is -0.339 e. The Morgan fingerprint density at radius 1 is 1.37 bits per heavy atom. The Kier molecular flexibility index (Phi) is 4.68. The molecule has 0 saturated carbocycles. The van der Waals surface area contributed by atoms with Crippen LogP contribution in [0.4, 0.5) is 0 Å². The summed E-state index contributed by atoms with van der Waals surface area (Å²) in [4.78, 5) is 4.47. The number of aryl methyl sites for hydroxylation is 1. The molecule has 0 spiro atoms. The van der Waals surface area contributed by atoms with Gasteiger partial charge in [-0.15, -0.1) is 0 Å². The van der Waals surface area contributed by atoms with Gasteiger partial charge < -0.3 is 10.3 Å². The highest BCUT2D eigenvalue weighted by atomic mass is 16.5. The van der Waals surface area contributed by atoms with E-state index < -0.39 is 0 Å². The van der Waals surface area contributed by atoms with Gasteiger partial charge in [-0.25, -0.2) is 0 Å². The van der Waals surface area contributed by atoms with Crippen molar-refractivity contribution in [3.63, 3.8) is 0 Å². The normalized spacial score (nSPS) is 12.6. The molecule has 102 valence electrons. The number of hydrogen-bond acceptors (Lipinski definition) is 4. The summed E-state index contributed by atoms with van der Waals surface area (Å²) in [5.41, 5.74) is 8.19. The number of nitrogens with zero attached hydrogens (tertiary/aromatic N) is 2. The van der Waals surface area contributed by atoms with E-state index in [0.29, 0.717) is 18.9 Å². The molecule has 0 radical (unpaired) electrons. The summed E-state index contributed by atoms with van der Waals surface area (Å²) in [6, 6.07) is 8.35. The zero-order valence-corrected chi connectivity index (χ0v) is 11.6. The molecule has 0 aliphatic heterocycles. The smallest absolute Gasteiger partial charge is 0.231 e. The molecule has 1 heterocycles. The highest BCUT2D eigenvalue weighted by Gasteiger charge is 2.16. The molecule has 0 aliphatic carbocycles. The van der Waals surface area contributed by atoms with Crippen molar-refractivity contribution in [1.82, 2.24) is 10.1 Å². The van der Waals surface area contributed by atoms with Crippen LogP contribution in [0, 0.1) is 6.92 Å². The van der Waals surface area contributed by atoms with Gasteiger partial charge in [0.15, 0.2) is 5.82 Å². The fourth-order valence-electron chi connectivity index (χ4n) is 2.20.